The normalized spacial score (nSPS) is 20.4. The van der Waals surface area contributed by atoms with Crippen LogP contribution < -0.4 is 16.4 Å². The van der Waals surface area contributed by atoms with Crippen LogP contribution in [-0.2, 0) is 21.5 Å². The van der Waals surface area contributed by atoms with Crippen molar-refractivity contribution < 1.29 is 14.4 Å². The number of fused-ring (bicyclic) bond motifs is 1. The van der Waals surface area contributed by atoms with Gasteiger partial charge >= 0.3 is 0 Å². The highest BCUT2D eigenvalue weighted by atomic mass is 79.9. The fourth-order valence-electron chi connectivity index (χ4n) is 5.69. The number of halogens is 3. The summed E-state index contributed by atoms with van der Waals surface area (Å²) in [5.41, 5.74) is 8.20. The average molecular weight is 630 g/mol. The molecule has 5 rings (SSSR count). The summed E-state index contributed by atoms with van der Waals surface area (Å²) in [5, 5.41) is 7.52. The Balaban J connectivity index is 1.70. The molecule has 2 atom stereocenters. The average Bonchev–Trinajstić information content (AvgIpc) is 3.13. The zero-order chi connectivity index (χ0) is 27.9. The van der Waals surface area contributed by atoms with Crippen LogP contribution in [0.2, 0.25) is 10.0 Å². The first-order valence-corrected chi connectivity index (χ1v) is 14.2. The van der Waals surface area contributed by atoms with Crippen molar-refractivity contribution in [2.75, 3.05) is 23.7 Å². The van der Waals surface area contributed by atoms with E-state index in [1.54, 1.807) is 37.3 Å². The van der Waals surface area contributed by atoms with Crippen LogP contribution >= 0.6 is 39.1 Å². The van der Waals surface area contributed by atoms with E-state index < -0.39 is 11.4 Å². The number of amides is 3. The highest BCUT2D eigenvalue weighted by molar-refractivity contribution is 9.10. The smallest absolute Gasteiger partial charge is 0.255 e. The van der Waals surface area contributed by atoms with Gasteiger partial charge in [-0.05, 0) is 60.4 Å². The number of nitrogens with two attached hydrogens (primary N) is 1. The third-order valence-corrected chi connectivity index (χ3v) is 8.67. The molecule has 202 valence electrons. The second-order valence-corrected chi connectivity index (χ2v) is 11.8. The number of piperidine rings is 1. The second-order valence-electron chi connectivity index (χ2n) is 10.0. The van der Waals surface area contributed by atoms with Crippen molar-refractivity contribution in [2.45, 2.75) is 37.6 Å². The van der Waals surface area contributed by atoms with Crippen molar-refractivity contribution in [3.63, 3.8) is 0 Å². The lowest BCUT2D eigenvalue weighted by Crippen LogP contribution is -2.45. The lowest BCUT2D eigenvalue weighted by atomic mass is 9.82. The lowest BCUT2D eigenvalue weighted by molar-refractivity contribution is -0.130. The molecule has 2 heterocycles. The van der Waals surface area contributed by atoms with Gasteiger partial charge in [0.15, 0.2) is 0 Å². The summed E-state index contributed by atoms with van der Waals surface area (Å²) in [5.74, 6) is -1.01. The Hall–Kier alpha value is -3.07. The molecule has 0 bridgehead atoms. The Morgan fingerprint density at radius 2 is 1.92 bits per heavy atom. The number of likely N-dealkylation sites (tertiary alicyclic amines) is 1. The highest BCUT2D eigenvalue weighted by Gasteiger charge is 2.48. The monoisotopic (exact) mass is 628 g/mol. The molecular formula is C29H27BrCl2N4O3. The quantitative estimate of drug-likeness (QED) is 0.307. The van der Waals surface area contributed by atoms with E-state index in [0.29, 0.717) is 40.1 Å². The minimum Gasteiger partial charge on any atom is -0.366 e. The number of primary amides is 1. The van der Waals surface area contributed by atoms with Gasteiger partial charge in [-0.25, -0.2) is 0 Å². The molecule has 7 nitrogen and oxygen atoms in total. The van der Waals surface area contributed by atoms with E-state index in [1.165, 1.54) is 0 Å². The van der Waals surface area contributed by atoms with Crippen molar-refractivity contribution in [1.82, 2.24) is 4.90 Å². The molecule has 1 fully saturated rings. The third-order valence-electron chi connectivity index (χ3n) is 7.51. The van der Waals surface area contributed by atoms with E-state index in [4.69, 9.17) is 28.9 Å². The topological polar surface area (TPSA) is 105 Å². The van der Waals surface area contributed by atoms with E-state index >= 15 is 0 Å². The van der Waals surface area contributed by atoms with Crippen molar-refractivity contribution in [3.8, 4) is 0 Å². The van der Waals surface area contributed by atoms with Gasteiger partial charge in [0.1, 0.15) is 5.54 Å². The lowest BCUT2D eigenvalue weighted by Gasteiger charge is -2.37. The molecule has 1 unspecified atom stereocenters. The summed E-state index contributed by atoms with van der Waals surface area (Å²) in [4.78, 5) is 40.7. The van der Waals surface area contributed by atoms with Gasteiger partial charge in [-0.3, -0.25) is 14.4 Å². The van der Waals surface area contributed by atoms with Crippen LogP contribution in [0.5, 0.6) is 0 Å². The zero-order valence-electron chi connectivity index (χ0n) is 21.2. The van der Waals surface area contributed by atoms with Gasteiger partial charge < -0.3 is 21.3 Å². The zero-order valence-corrected chi connectivity index (χ0v) is 24.3. The number of nitrogens with one attached hydrogen (secondary N) is 2. The van der Waals surface area contributed by atoms with E-state index in [9.17, 15) is 14.4 Å². The van der Waals surface area contributed by atoms with Crippen LogP contribution in [-0.4, -0.2) is 35.7 Å². The minimum atomic E-state index is -1.31. The molecule has 1 saturated heterocycles. The molecule has 0 spiro atoms. The van der Waals surface area contributed by atoms with Gasteiger partial charge in [-0.2, -0.15) is 0 Å². The Morgan fingerprint density at radius 1 is 1.15 bits per heavy atom. The molecule has 3 aromatic carbocycles. The number of benzene rings is 3. The number of rotatable bonds is 6. The third kappa shape index (κ3) is 5.25. The summed E-state index contributed by atoms with van der Waals surface area (Å²) in [6.45, 7) is 2.73. The summed E-state index contributed by atoms with van der Waals surface area (Å²) in [7, 11) is 0. The Kier molecular flexibility index (Phi) is 7.64. The second kappa shape index (κ2) is 10.8. The largest absolute Gasteiger partial charge is 0.366 e. The van der Waals surface area contributed by atoms with Gasteiger partial charge in [-0.1, -0.05) is 57.3 Å². The number of carbonyl (C=O) groups is 3. The predicted molar refractivity (Wildman–Crippen MR) is 157 cm³/mol. The first kappa shape index (κ1) is 27.5. The molecule has 0 aliphatic carbocycles. The predicted octanol–water partition coefficient (Wildman–Crippen LogP) is 6.08. The van der Waals surface area contributed by atoms with E-state index in [0.717, 1.165) is 28.4 Å². The number of nitrogens with zero attached hydrogens (tertiary/aromatic N) is 1. The standard InChI is InChI=1S/C29H27BrCl2N4O3/c1-16(37)36-11-3-5-18(15-36)25-23(30)10-8-21(27(33)38)26(25)35-29(14-17-4-2-6-19(31)12-17)22-9-7-20(32)13-24(22)34-28(29)39/h2,4,6-10,12-13,18,35H,3,5,11,14-15H2,1H3,(H2,33,38)(H,34,39)/t18-,29?/m1/s1. The van der Waals surface area contributed by atoms with Crippen LogP contribution in [0, 0.1) is 0 Å². The number of anilines is 2. The number of hydrogen-bond donors (Lipinski definition) is 3. The van der Waals surface area contributed by atoms with E-state index in [2.05, 4.69) is 26.6 Å². The van der Waals surface area contributed by atoms with Crippen LogP contribution in [0.4, 0.5) is 11.4 Å². The Labute approximate surface area is 245 Å². The van der Waals surface area contributed by atoms with Gasteiger partial charge in [0.05, 0.1) is 11.3 Å². The van der Waals surface area contributed by atoms with Crippen LogP contribution in [0.25, 0.3) is 0 Å². The van der Waals surface area contributed by atoms with Gasteiger partial charge in [0, 0.05) is 58.1 Å². The molecule has 39 heavy (non-hydrogen) atoms. The Morgan fingerprint density at radius 3 is 2.64 bits per heavy atom. The number of carbonyl (C=O) groups excluding carboxylic acids is 3. The summed E-state index contributed by atoms with van der Waals surface area (Å²) in [6, 6.07) is 16.0. The highest BCUT2D eigenvalue weighted by Crippen LogP contribution is 2.46. The fraction of sp³-hybridized carbons (Fsp3) is 0.276. The summed E-state index contributed by atoms with van der Waals surface area (Å²) >= 11 is 16.3. The molecule has 2 aliphatic heterocycles. The van der Waals surface area contributed by atoms with Crippen molar-refractivity contribution in [1.29, 1.82) is 0 Å². The molecule has 10 heteroatoms. The molecule has 2 aliphatic rings. The van der Waals surface area contributed by atoms with Gasteiger partial charge in [0.2, 0.25) is 5.91 Å². The van der Waals surface area contributed by atoms with Crippen LogP contribution in [0.15, 0.2) is 59.1 Å². The summed E-state index contributed by atoms with van der Waals surface area (Å²) in [6.07, 6.45) is 1.85. The number of hydrogen-bond acceptors (Lipinski definition) is 4. The molecule has 0 radical (unpaired) electrons. The molecule has 0 aromatic heterocycles. The van der Waals surface area contributed by atoms with Crippen molar-refractivity contribution >= 4 is 68.2 Å². The first-order chi connectivity index (χ1) is 18.6. The molecule has 3 amide bonds. The molecule has 0 saturated carbocycles. The molecular weight excluding hydrogens is 603 g/mol. The molecule has 3 aromatic rings. The fourth-order valence-corrected chi connectivity index (χ4v) is 6.72. The maximum atomic E-state index is 13.9. The van der Waals surface area contributed by atoms with E-state index in [-0.39, 0.29) is 29.7 Å². The SMILES string of the molecule is CC(=O)N1CCC[C@@H](c2c(Br)ccc(C(N)=O)c2NC2(Cc3cccc(Cl)c3)C(=O)Nc3cc(Cl)ccc32)C1. The molecule has 4 N–H and O–H groups in total. The first-order valence-electron chi connectivity index (χ1n) is 12.6. The minimum absolute atomic E-state index is 0.00482. The maximum absolute atomic E-state index is 13.9. The Bertz CT molecular complexity index is 1500. The van der Waals surface area contributed by atoms with Crippen LogP contribution in [0.1, 0.15) is 52.7 Å². The van der Waals surface area contributed by atoms with Gasteiger partial charge in [-0.15, -0.1) is 0 Å². The van der Waals surface area contributed by atoms with Crippen molar-refractivity contribution in [3.05, 3.63) is 91.4 Å². The van der Waals surface area contributed by atoms with E-state index in [1.807, 2.05) is 29.2 Å². The van der Waals surface area contributed by atoms with Gasteiger partial charge in [0.25, 0.3) is 11.8 Å². The maximum Gasteiger partial charge on any atom is 0.255 e. The van der Waals surface area contributed by atoms with Crippen LogP contribution in [0.3, 0.4) is 0 Å². The van der Waals surface area contributed by atoms with Crippen molar-refractivity contribution in [2.24, 2.45) is 5.73 Å². The summed E-state index contributed by atoms with van der Waals surface area (Å²) < 4.78 is 0.762.